The molecule has 2 aliphatic carbocycles. The first-order chi connectivity index (χ1) is 18.7. The number of hydrogen-bond acceptors (Lipinski definition) is 1. The van der Waals surface area contributed by atoms with E-state index in [1.165, 1.54) is 55.3 Å². The number of aryl methyl sites for hydroxylation is 2. The van der Waals surface area contributed by atoms with Gasteiger partial charge in [-0.05, 0) is 65.4 Å². The molecule has 0 aromatic heterocycles. The summed E-state index contributed by atoms with van der Waals surface area (Å²) in [5.41, 5.74) is 7.78. The number of allylic oxidation sites excluding steroid dienone is 8. The molecule has 2 unspecified atom stereocenters. The van der Waals surface area contributed by atoms with Crippen molar-refractivity contribution in [2.45, 2.75) is 33.6 Å². The molecule has 0 saturated heterocycles. The lowest BCUT2D eigenvalue weighted by Crippen LogP contribution is -2.22. The highest BCUT2D eigenvalue weighted by molar-refractivity contribution is 6.15. The first-order valence-corrected chi connectivity index (χ1v) is 14.0. The van der Waals surface area contributed by atoms with Crippen molar-refractivity contribution in [1.82, 2.24) is 0 Å². The second-order valence-corrected chi connectivity index (χ2v) is 10.2. The third-order valence-electron chi connectivity index (χ3n) is 8.04. The van der Waals surface area contributed by atoms with Gasteiger partial charge in [0.25, 0.3) is 0 Å². The Labute approximate surface area is 226 Å². The molecule has 0 saturated carbocycles. The zero-order chi connectivity index (χ0) is 26.1. The van der Waals surface area contributed by atoms with Crippen molar-refractivity contribution in [3.63, 3.8) is 0 Å². The van der Waals surface area contributed by atoms with Crippen molar-refractivity contribution in [1.29, 1.82) is 0 Å². The molecule has 0 N–H and O–H groups in total. The molecule has 4 aromatic rings. The highest BCUT2D eigenvalue weighted by Gasteiger charge is 2.26. The predicted molar refractivity (Wildman–Crippen MR) is 166 cm³/mol. The lowest BCUT2D eigenvalue weighted by molar-refractivity contribution is 0.653. The minimum atomic E-state index is 0.364. The van der Waals surface area contributed by atoms with Gasteiger partial charge in [-0.1, -0.05) is 117 Å². The van der Waals surface area contributed by atoms with Gasteiger partial charge in [0.1, 0.15) is 0 Å². The predicted octanol–water partition coefficient (Wildman–Crippen LogP) is 10.1. The summed E-state index contributed by atoms with van der Waals surface area (Å²) in [5.74, 6) is 0.785. The Morgan fingerprint density at radius 1 is 0.737 bits per heavy atom. The molecule has 0 heterocycles. The summed E-state index contributed by atoms with van der Waals surface area (Å²) in [6.45, 7) is 6.61. The Kier molecular flexibility index (Phi) is 6.60. The van der Waals surface area contributed by atoms with Crippen molar-refractivity contribution in [2.24, 2.45) is 11.8 Å². The molecule has 0 fully saturated rings. The molecule has 1 heteroatoms. The zero-order valence-electron chi connectivity index (χ0n) is 22.6. The normalized spacial score (nSPS) is 18.3. The Morgan fingerprint density at radius 3 is 2.03 bits per heavy atom. The maximum Gasteiger partial charge on any atom is 0.0618 e. The largest absolute Gasteiger partial charge is 0.310 e. The summed E-state index contributed by atoms with van der Waals surface area (Å²) in [7, 11) is 0. The fraction of sp³-hybridized carbons (Fsp3) is 0.189. The molecule has 2 atom stereocenters. The van der Waals surface area contributed by atoms with Crippen LogP contribution in [0.15, 0.2) is 121 Å². The second-order valence-electron chi connectivity index (χ2n) is 10.2. The molecule has 0 aliphatic heterocycles. The van der Waals surface area contributed by atoms with Crippen LogP contribution in [0, 0.1) is 11.8 Å². The molecule has 4 aromatic carbocycles. The Morgan fingerprint density at radius 2 is 1.39 bits per heavy atom. The van der Waals surface area contributed by atoms with Gasteiger partial charge in [0.05, 0.1) is 5.69 Å². The minimum absolute atomic E-state index is 0.364. The number of rotatable bonds is 6. The minimum Gasteiger partial charge on any atom is -0.310 e. The molecule has 2 aliphatic rings. The average molecular weight is 494 g/mol. The molecule has 0 bridgehead atoms. The van der Waals surface area contributed by atoms with Crippen LogP contribution in [0.25, 0.3) is 27.6 Å². The van der Waals surface area contributed by atoms with Crippen LogP contribution in [0.3, 0.4) is 0 Å². The van der Waals surface area contributed by atoms with Gasteiger partial charge in [-0.2, -0.15) is 0 Å². The third kappa shape index (κ3) is 4.13. The maximum atomic E-state index is 2.52. The molecule has 1 nitrogen and oxygen atoms in total. The van der Waals surface area contributed by atoms with E-state index < -0.39 is 0 Å². The van der Waals surface area contributed by atoms with E-state index in [1.807, 2.05) is 0 Å². The summed E-state index contributed by atoms with van der Waals surface area (Å²) in [5, 5.41) is 5.28. The van der Waals surface area contributed by atoms with Gasteiger partial charge in [0.2, 0.25) is 0 Å². The highest BCUT2D eigenvalue weighted by atomic mass is 15.2. The number of fused-ring (bicyclic) bond motifs is 3. The van der Waals surface area contributed by atoms with Crippen LogP contribution in [-0.2, 0) is 12.8 Å². The van der Waals surface area contributed by atoms with Crippen LogP contribution < -0.4 is 4.90 Å². The SMILES string of the molecule is C/C=C\c1ccc(N(C2=CC3C=CC=CC3C=C2)c2c3ccccc3c(CC)c3ccccc23)cc1CC. The van der Waals surface area contributed by atoms with Gasteiger partial charge < -0.3 is 4.90 Å². The van der Waals surface area contributed by atoms with Gasteiger partial charge in [-0.25, -0.2) is 0 Å². The highest BCUT2D eigenvalue weighted by Crippen LogP contribution is 2.45. The molecule has 6 rings (SSSR count). The van der Waals surface area contributed by atoms with Gasteiger partial charge in [0.15, 0.2) is 0 Å². The molecule has 0 amide bonds. The van der Waals surface area contributed by atoms with Crippen LogP contribution >= 0.6 is 0 Å². The maximum absolute atomic E-state index is 2.52. The van der Waals surface area contributed by atoms with E-state index in [-0.39, 0.29) is 0 Å². The standard InChI is InChI=1S/C37H35N/c1-4-13-27-20-22-30(24-26(27)5-2)38(31-23-21-28-14-7-8-15-29(28)25-31)37-35-18-11-9-16-33(35)32(6-3)34-17-10-12-19-36(34)37/h4,7-25,28-29H,5-6H2,1-3H3/b13-4-. The summed E-state index contributed by atoms with van der Waals surface area (Å²) in [6.07, 6.45) is 22.5. The summed E-state index contributed by atoms with van der Waals surface area (Å²) in [4.78, 5) is 2.52. The second kappa shape index (κ2) is 10.3. The number of hydrogen-bond donors (Lipinski definition) is 0. The van der Waals surface area contributed by atoms with Gasteiger partial charge >= 0.3 is 0 Å². The number of benzene rings is 4. The first-order valence-electron chi connectivity index (χ1n) is 14.0. The van der Waals surface area contributed by atoms with E-state index in [1.54, 1.807) is 0 Å². The molecular weight excluding hydrogens is 458 g/mol. The van der Waals surface area contributed by atoms with Crippen LogP contribution in [-0.4, -0.2) is 0 Å². The lowest BCUT2D eigenvalue weighted by atomic mass is 9.84. The van der Waals surface area contributed by atoms with Gasteiger partial charge in [0, 0.05) is 34.0 Å². The van der Waals surface area contributed by atoms with Crippen molar-refractivity contribution in [2.75, 3.05) is 4.90 Å². The van der Waals surface area contributed by atoms with Crippen LogP contribution in [0.5, 0.6) is 0 Å². The van der Waals surface area contributed by atoms with Gasteiger partial charge in [-0.3, -0.25) is 0 Å². The van der Waals surface area contributed by atoms with Crippen LogP contribution in [0.1, 0.15) is 37.5 Å². The van der Waals surface area contributed by atoms with E-state index in [9.17, 15) is 0 Å². The number of nitrogens with zero attached hydrogens (tertiary/aromatic N) is 1. The van der Waals surface area contributed by atoms with Crippen LogP contribution in [0.4, 0.5) is 11.4 Å². The van der Waals surface area contributed by atoms with Crippen molar-refractivity contribution >= 4 is 39.0 Å². The van der Waals surface area contributed by atoms with Crippen molar-refractivity contribution in [3.05, 3.63) is 138 Å². The Bertz CT molecular complexity index is 1600. The molecule has 38 heavy (non-hydrogen) atoms. The molecule has 0 spiro atoms. The molecule has 0 radical (unpaired) electrons. The quantitative estimate of drug-likeness (QED) is 0.242. The van der Waals surface area contributed by atoms with E-state index in [4.69, 9.17) is 0 Å². The summed E-state index contributed by atoms with van der Waals surface area (Å²) in [6, 6.07) is 24.9. The van der Waals surface area contributed by atoms with Crippen molar-refractivity contribution < 1.29 is 0 Å². The zero-order valence-corrected chi connectivity index (χ0v) is 22.6. The smallest absolute Gasteiger partial charge is 0.0618 e. The Balaban J connectivity index is 1.68. The monoisotopic (exact) mass is 493 g/mol. The third-order valence-corrected chi connectivity index (χ3v) is 8.04. The fourth-order valence-corrected chi connectivity index (χ4v) is 6.22. The summed E-state index contributed by atoms with van der Waals surface area (Å²) >= 11 is 0. The fourth-order valence-electron chi connectivity index (χ4n) is 6.22. The molecule has 188 valence electrons. The molecular formula is C37H35N. The Hall–Kier alpha value is -4.10. The van der Waals surface area contributed by atoms with E-state index >= 15 is 0 Å². The van der Waals surface area contributed by atoms with Gasteiger partial charge in [-0.15, -0.1) is 0 Å². The average Bonchev–Trinajstić information content (AvgIpc) is 2.97. The summed E-state index contributed by atoms with van der Waals surface area (Å²) < 4.78 is 0. The van der Waals surface area contributed by atoms with E-state index in [2.05, 4.69) is 147 Å². The first kappa shape index (κ1) is 24.2. The number of anilines is 2. The van der Waals surface area contributed by atoms with Crippen molar-refractivity contribution in [3.8, 4) is 0 Å². The van der Waals surface area contributed by atoms with E-state index in [0.717, 1.165) is 12.8 Å². The van der Waals surface area contributed by atoms with Crippen LogP contribution in [0.2, 0.25) is 0 Å². The topological polar surface area (TPSA) is 3.24 Å². The van der Waals surface area contributed by atoms with E-state index in [0.29, 0.717) is 11.8 Å². The lowest BCUT2D eigenvalue weighted by Gasteiger charge is -2.34.